The molecule has 18 heavy (non-hydrogen) atoms. The van der Waals surface area contributed by atoms with Crippen molar-refractivity contribution in [1.82, 2.24) is 4.90 Å². The Morgan fingerprint density at radius 1 is 1.39 bits per heavy atom. The summed E-state index contributed by atoms with van der Waals surface area (Å²) in [6.07, 6.45) is 4.35. The van der Waals surface area contributed by atoms with Gasteiger partial charge in [0.25, 0.3) is 0 Å². The lowest BCUT2D eigenvalue weighted by molar-refractivity contribution is -0.130. The van der Waals surface area contributed by atoms with Crippen LogP contribution in [0.15, 0.2) is 24.3 Å². The van der Waals surface area contributed by atoms with Crippen molar-refractivity contribution in [3.05, 3.63) is 35.6 Å². The van der Waals surface area contributed by atoms with Crippen LogP contribution in [0.1, 0.15) is 31.7 Å². The Hall–Kier alpha value is -1.38. The van der Waals surface area contributed by atoms with Crippen molar-refractivity contribution in [3.8, 4) is 0 Å². The van der Waals surface area contributed by atoms with E-state index in [0.717, 1.165) is 32.4 Å². The van der Waals surface area contributed by atoms with E-state index in [9.17, 15) is 9.18 Å². The largest absolute Gasteiger partial charge is 0.343 e. The van der Waals surface area contributed by atoms with Gasteiger partial charge in [0.2, 0.25) is 5.91 Å². The standard InChI is InChI=1S/C15H20FNO/c1-12(18)17-10-2-3-14(11-17)5-4-13-6-8-15(16)9-7-13/h6-9,14H,2-5,10-11H2,1H3/t14-/m1/s1. The fourth-order valence-electron chi connectivity index (χ4n) is 2.61. The lowest BCUT2D eigenvalue weighted by Gasteiger charge is -2.32. The highest BCUT2D eigenvalue weighted by molar-refractivity contribution is 5.73. The highest BCUT2D eigenvalue weighted by Crippen LogP contribution is 2.21. The van der Waals surface area contributed by atoms with E-state index in [-0.39, 0.29) is 11.7 Å². The number of hydrogen-bond donors (Lipinski definition) is 0. The molecule has 2 rings (SSSR count). The first-order chi connectivity index (χ1) is 8.65. The van der Waals surface area contributed by atoms with E-state index in [1.54, 1.807) is 6.92 Å². The summed E-state index contributed by atoms with van der Waals surface area (Å²) >= 11 is 0. The second kappa shape index (κ2) is 5.98. The number of nitrogens with zero attached hydrogens (tertiary/aromatic N) is 1. The zero-order valence-corrected chi connectivity index (χ0v) is 10.9. The Bertz CT molecular complexity index is 401. The lowest BCUT2D eigenvalue weighted by atomic mass is 9.91. The summed E-state index contributed by atoms with van der Waals surface area (Å²) in [6, 6.07) is 6.72. The minimum absolute atomic E-state index is 0.181. The van der Waals surface area contributed by atoms with Gasteiger partial charge in [-0.1, -0.05) is 12.1 Å². The van der Waals surface area contributed by atoms with Crippen molar-refractivity contribution in [3.63, 3.8) is 0 Å². The third kappa shape index (κ3) is 3.56. The Kier molecular flexibility index (Phi) is 4.34. The van der Waals surface area contributed by atoms with Crippen molar-refractivity contribution in [2.24, 2.45) is 5.92 Å². The number of halogens is 1. The summed E-state index contributed by atoms with van der Waals surface area (Å²) in [5.74, 6) is 0.591. The predicted molar refractivity (Wildman–Crippen MR) is 69.7 cm³/mol. The van der Waals surface area contributed by atoms with Gasteiger partial charge in [-0.2, -0.15) is 0 Å². The second-order valence-electron chi connectivity index (χ2n) is 5.14. The molecule has 1 aromatic carbocycles. The average Bonchev–Trinajstić information content (AvgIpc) is 2.38. The van der Waals surface area contributed by atoms with Crippen LogP contribution in [0, 0.1) is 11.7 Å². The number of amides is 1. The van der Waals surface area contributed by atoms with Crippen LogP contribution in [0.4, 0.5) is 4.39 Å². The highest BCUT2D eigenvalue weighted by Gasteiger charge is 2.21. The predicted octanol–water partition coefficient (Wildman–Crippen LogP) is 3.02. The van der Waals surface area contributed by atoms with E-state index in [2.05, 4.69) is 0 Å². The molecule has 1 fully saturated rings. The quantitative estimate of drug-likeness (QED) is 0.806. The maximum atomic E-state index is 12.8. The number of piperidine rings is 1. The summed E-state index contributed by atoms with van der Waals surface area (Å²) in [5.41, 5.74) is 1.18. The maximum absolute atomic E-state index is 12.8. The summed E-state index contributed by atoms with van der Waals surface area (Å²) in [4.78, 5) is 13.3. The van der Waals surface area contributed by atoms with E-state index in [1.165, 1.54) is 24.1 Å². The van der Waals surface area contributed by atoms with E-state index >= 15 is 0 Å². The van der Waals surface area contributed by atoms with Crippen LogP contribution in [0.5, 0.6) is 0 Å². The van der Waals surface area contributed by atoms with Gasteiger partial charge in [0.1, 0.15) is 5.82 Å². The molecule has 1 saturated heterocycles. The zero-order chi connectivity index (χ0) is 13.0. The minimum Gasteiger partial charge on any atom is -0.343 e. The van der Waals surface area contributed by atoms with Crippen molar-refractivity contribution in [2.75, 3.05) is 13.1 Å². The lowest BCUT2D eigenvalue weighted by Crippen LogP contribution is -2.38. The molecule has 0 bridgehead atoms. The van der Waals surface area contributed by atoms with Crippen molar-refractivity contribution < 1.29 is 9.18 Å². The van der Waals surface area contributed by atoms with Gasteiger partial charge >= 0.3 is 0 Å². The summed E-state index contributed by atoms with van der Waals surface area (Å²) in [6.45, 7) is 3.43. The molecule has 0 unspecified atom stereocenters. The SMILES string of the molecule is CC(=O)N1CCC[C@H](CCc2ccc(F)cc2)C1. The molecule has 98 valence electrons. The fraction of sp³-hybridized carbons (Fsp3) is 0.533. The van der Waals surface area contributed by atoms with Crippen LogP contribution in [0.25, 0.3) is 0 Å². The molecule has 2 nitrogen and oxygen atoms in total. The summed E-state index contributed by atoms with van der Waals surface area (Å²) < 4.78 is 12.8. The monoisotopic (exact) mass is 249 g/mol. The van der Waals surface area contributed by atoms with Crippen molar-refractivity contribution in [1.29, 1.82) is 0 Å². The van der Waals surface area contributed by atoms with Gasteiger partial charge in [-0.15, -0.1) is 0 Å². The third-order valence-electron chi connectivity index (χ3n) is 3.72. The van der Waals surface area contributed by atoms with E-state index in [0.29, 0.717) is 5.92 Å². The molecule has 0 radical (unpaired) electrons. The number of carbonyl (C=O) groups excluding carboxylic acids is 1. The van der Waals surface area contributed by atoms with E-state index < -0.39 is 0 Å². The van der Waals surface area contributed by atoms with E-state index in [4.69, 9.17) is 0 Å². The molecular weight excluding hydrogens is 229 g/mol. The van der Waals surface area contributed by atoms with Crippen LogP contribution in [-0.2, 0) is 11.2 Å². The Morgan fingerprint density at radius 2 is 2.11 bits per heavy atom. The van der Waals surface area contributed by atoms with Gasteiger partial charge in [0, 0.05) is 20.0 Å². The number of likely N-dealkylation sites (tertiary alicyclic amines) is 1. The highest BCUT2D eigenvalue weighted by atomic mass is 19.1. The number of benzene rings is 1. The normalized spacial score (nSPS) is 19.9. The maximum Gasteiger partial charge on any atom is 0.219 e. The van der Waals surface area contributed by atoms with Gasteiger partial charge in [-0.25, -0.2) is 4.39 Å². The third-order valence-corrected chi connectivity index (χ3v) is 3.72. The van der Waals surface area contributed by atoms with Crippen LogP contribution >= 0.6 is 0 Å². The summed E-state index contributed by atoms with van der Waals surface area (Å²) in [5, 5.41) is 0. The number of rotatable bonds is 3. The number of carbonyl (C=O) groups is 1. The molecular formula is C15H20FNO. The molecule has 0 N–H and O–H groups in total. The van der Waals surface area contributed by atoms with Gasteiger partial charge in [0.15, 0.2) is 0 Å². The molecule has 1 atom stereocenters. The zero-order valence-electron chi connectivity index (χ0n) is 10.9. The molecule has 1 heterocycles. The topological polar surface area (TPSA) is 20.3 Å². The van der Waals surface area contributed by atoms with Gasteiger partial charge in [-0.3, -0.25) is 4.79 Å². The van der Waals surface area contributed by atoms with Crippen molar-refractivity contribution >= 4 is 5.91 Å². The fourth-order valence-corrected chi connectivity index (χ4v) is 2.61. The van der Waals surface area contributed by atoms with Crippen LogP contribution in [0.3, 0.4) is 0 Å². The first kappa shape index (κ1) is 13.1. The number of aryl methyl sites for hydroxylation is 1. The molecule has 0 aromatic heterocycles. The molecule has 1 aliphatic heterocycles. The molecule has 0 saturated carbocycles. The van der Waals surface area contributed by atoms with Crippen molar-refractivity contribution in [2.45, 2.75) is 32.6 Å². The Labute approximate surface area is 108 Å². The Morgan fingerprint density at radius 3 is 2.78 bits per heavy atom. The molecule has 3 heteroatoms. The van der Waals surface area contributed by atoms with Crippen LogP contribution in [0.2, 0.25) is 0 Å². The smallest absolute Gasteiger partial charge is 0.219 e. The average molecular weight is 249 g/mol. The first-order valence-electron chi connectivity index (χ1n) is 6.65. The second-order valence-corrected chi connectivity index (χ2v) is 5.14. The molecule has 1 aliphatic rings. The van der Waals surface area contributed by atoms with Gasteiger partial charge in [0.05, 0.1) is 0 Å². The molecule has 0 spiro atoms. The van der Waals surface area contributed by atoms with Crippen LogP contribution < -0.4 is 0 Å². The summed E-state index contributed by atoms with van der Waals surface area (Å²) in [7, 11) is 0. The first-order valence-corrected chi connectivity index (χ1v) is 6.65. The molecule has 0 aliphatic carbocycles. The van der Waals surface area contributed by atoms with Crippen LogP contribution in [-0.4, -0.2) is 23.9 Å². The number of hydrogen-bond acceptors (Lipinski definition) is 1. The van der Waals surface area contributed by atoms with Gasteiger partial charge in [-0.05, 0) is 49.3 Å². The van der Waals surface area contributed by atoms with Gasteiger partial charge < -0.3 is 4.90 Å². The van der Waals surface area contributed by atoms with E-state index in [1.807, 2.05) is 17.0 Å². The minimum atomic E-state index is -0.181. The molecule has 1 aromatic rings. The Balaban J connectivity index is 1.82. The molecule has 1 amide bonds.